The van der Waals surface area contributed by atoms with Gasteiger partial charge < -0.3 is 15.9 Å². The molecule has 0 aliphatic carbocycles. The number of carbonyl (C=O) groups excluding carboxylic acids is 1. The number of nitrogens with two attached hydrogens (primary N) is 1. The highest BCUT2D eigenvalue weighted by Crippen LogP contribution is 2.31. The molecule has 0 aliphatic rings. The normalized spacial score (nSPS) is 14.3. The third-order valence-electron chi connectivity index (χ3n) is 1.99. The highest BCUT2D eigenvalue weighted by atomic mass is 35.5. The number of carbonyl (C=O) groups is 1. The average Bonchev–Trinajstić information content (AvgIpc) is 2.24. The largest absolute Gasteiger partial charge is 0.389 e. The lowest BCUT2D eigenvalue weighted by molar-refractivity contribution is -0.109. The topological polar surface area (TPSA) is 109 Å². The number of aliphatic hydroxyl groups is 2. The van der Waals surface area contributed by atoms with Crippen LogP contribution < -0.4 is 5.73 Å². The van der Waals surface area contributed by atoms with Crippen molar-refractivity contribution in [2.75, 3.05) is 11.5 Å². The van der Waals surface area contributed by atoms with Gasteiger partial charge in [0.05, 0.1) is 11.7 Å². The zero-order valence-corrected chi connectivity index (χ0v) is 11.6. The van der Waals surface area contributed by atoms with Crippen molar-refractivity contribution >= 4 is 46.0 Å². The molecule has 9 heteroatoms. The summed E-state index contributed by atoms with van der Waals surface area (Å²) in [5, 5.41) is 19.2. The quantitative estimate of drug-likeness (QED) is 0.713. The van der Waals surface area contributed by atoms with E-state index in [2.05, 4.69) is 9.97 Å². The molecular weight excluding hydrogens is 301 g/mol. The average molecular weight is 312 g/mol. The molecule has 4 N–H and O–H groups in total. The molecular formula is C9H11Cl2N3O3S. The Bertz CT molecular complexity index is 438. The maximum atomic E-state index is 10.8. The van der Waals surface area contributed by atoms with Gasteiger partial charge in [-0.3, -0.25) is 4.79 Å². The molecule has 0 radical (unpaired) electrons. The van der Waals surface area contributed by atoms with Crippen LogP contribution in [0.25, 0.3) is 0 Å². The Balaban J connectivity index is 2.89. The van der Waals surface area contributed by atoms with Gasteiger partial charge in [-0.2, -0.15) is 0 Å². The van der Waals surface area contributed by atoms with E-state index in [1.807, 2.05) is 0 Å². The number of hydrogen-bond acceptors (Lipinski definition) is 7. The summed E-state index contributed by atoms with van der Waals surface area (Å²) in [7, 11) is 0. The van der Waals surface area contributed by atoms with Crippen molar-refractivity contribution in [2.24, 2.45) is 0 Å². The lowest BCUT2D eigenvalue weighted by Gasteiger charge is -2.18. The van der Waals surface area contributed by atoms with Crippen molar-refractivity contribution in [1.29, 1.82) is 0 Å². The Kier molecular flexibility index (Phi) is 5.61. The van der Waals surface area contributed by atoms with Crippen LogP contribution in [0, 0.1) is 0 Å². The second-order valence-corrected chi connectivity index (χ2v) is 5.30. The molecule has 18 heavy (non-hydrogen) atoms. The van der Waals surface area contributed by atoms with Gasteiger partial charge in [-0.1, -0.05) is 35.0 Å². The maximum absolute atomic E-state index is 10.8. The van der Waals surface area contributed by atoms with Crippen molar-refractivity contribution < 1.29 is 15.0 Å². The molecule has 0 aromatic carbocycles. The van der Waals surface area contributed by atoms with E-state index in [9.17, 15) is 15.0 Å². The van der Waals surface area contributed by atoms with Gasteiger partial charge in [0.1, 0.15) is 16.4 Å². The summed E-state index contributed by atoms with van der Waals surface area (Å²) in [6.07, 6.45) is -2.61. The van der Waals surface area contributed by atoms with Crippen molar-refractivity contribution in [1.82, 2.24) is 9.97 Å². The summed E-state index contributed by atoms with van der Waals surface area (Å²) in [5.41, 5.74) is 5.31. The summed E-state index contributed by atoms with van der Waals surface area (Å²) in [5.74, 6) is -0.123. The summed E-state index contributed by atoms with van der Waals surface area (Å²) in [6, 6.07) is 0. The zero-order chi connectivity index (χ0) is 13.9. The molecule has 0 aliphatic heterocycles. The van der Waals surface area contributed by atoms with Crippen molar-refractivity contribution in [2.45, 2.75) is 19.1 Å². The molecule has 1 aromatic rings. The third-order valence-corrected chi connectivity index (χ3v) is 3.48. The molecule has 1 rings (SSSR count). The number of anilines is 1. The van der Waals surface area contributed by atoms with Crippen LogP contribution >= 0.6 is 35.0 Å². The first-order valence-electron chi connectivity index (χ1n) is 4.80. The number of nitrogen functional groups attached to an aromatic ring is 1. The van der Waals surface area contributed by atoms with E-state index in [1.54, 1.807) is 0 Å². The van der Waals surface area contributed by atoms with Gasteiger partial charge >= 0.3 is 0 Å². The fraction of sp³-hybridized carbons (Fsp3) is 0.444. The zero-order valence-electron chi connectivity index (χ0n) is 9.30. The van der Waals surface area contributed by atoms with Gasteiger partial charge in [0.15, 0.2) is 5.12 Å². The van der Waals surface area contributed by atoms with E-state index in [-0.39, 0.29) is 32.7 Å². The summed E-state index contributed by atoms with van der Waals surface area (Å²) < 4.78 is 0. The number of thioether (sulfide) groups is 1. The van der Waals surface area contributed by atoms with Crippen LogP contribution in [0.15, 0.2) is 0 Å². The van der Waals surface area contributed by atoms with Crippen LogP contribution in [0.2, 0.25) is 10.3 Å². The molecule has 0 saturated heterocycles. The third kappa shape index (κ3) is 3.96. The SMILES string of the molecule is CC(=O)SCC(O)C(O)c1c(Cl)nc(N)nc1Cl. The summed E-state index contributed by atoms with van der Waals surface area (Å²) >= 11 is 12.4. The Labute approximate surface area is 118 Å². The first-order chi connectivity index (χ1) is 8.32. The smallest absolute Gasteiger partial charge is 0.222 e. The molecule has 2 atom stereocenters. The van der Waals surface area contributed by atoms with Gasteiger partial charge in [0, 0.05) is 12.7 Å². The summed E-state index contributed by atoms with van der Waals surface area (Å²) in [6.45, 7) is 1.36. The second-order valence-electron chi connectivity index (χ2n) is 3.39. The minimum atomic E-state index is -1.39. The Morgan fingerprint density at radius 2 is 1.89 bits per heavy atom. The molecule has 0 amide bonds. The Hall–Kier alpha value is -0.600. The van der Waals surface area contributed by atoms with Crippen LogP contribution in [0.3, 0.4) is 0 Å². The number of nitrogens with zero attached hydrogens (tertiary/aromatic N) is 2. The number of rotatable bonds is 4. The van der Waals surface area contributed by atoms with E-state index in [1.165, 1.54) is 6.92 Å². The molecule has 100 valence electrons. The van der Waals surface area contributed by atoms with E-state index in [4.69, 9.17) is 28.9 Å². The van der Waals surface area contributed by atoms with Gasteiger partial charge in [0.25, 0.3) is 0 Å². The first kappa shape index (κ1) is 15.5. The fourth-order valence-corrected chi connectivity index (χ4v) is 2.37. The molecule has 0 saturated carbocycles. The Morgan fingerprint density at radius 1 is 1.39 bits per heavy atom. The van der Waals surface area contributed by atoms with Gasteiger partial charge in [0.2, 0.25) is 5.95 Å². The van der Waals surface area contributed by atoms with E-state index in [0.29, 0.717) is 0 Å². The van der Waals surface area contributed by atoms with Crippen molar-refractivity contribution in [3.05, 3.63) is 15.9 Å². The fourth-order valence-electron chi connectivity index (χ4n) is 1.16. The molecule has 2 unspecified atom stereocenters. The molecule has 1 aromatic heterocycles. The van der Waals surface area contributed by atoms with E-state index in [0.717, 1.165) is 11.8 Å². The molecule has 0 spiro atoms. The number of aliphatic hydroxyl groups excluding tert-OH is 2. The Morgan fingerprint density at radius 3 is 2.33 bits per heavy atom. The van der Waals surface area contributed by atoms with Crippen molar-refractivity contribution in [3.8, 4) is 0 Å². The lowest BCUT2D eigenvalue weighted by Crippen LogP contribution is -2.22. The molecule has 1 heterocycles. The van der Waals surface area contributed by atoms with Gasteiger partial charge in [-0.15, -0.1) is 0 Å². The molecule has 6 nitrogen and oxygen atoms in total. The van der Waals surface area contributed by atoms with E-state index >= 15 is 0 Å². The van der Waals surface area contributed by atoms with Crippen LogP contribution in [-0.2, 0) is 4.79 Å². The van der Waals surface area contributed by atoms with E-state index < -0.39 is 12.2 Å². The van der Waals surface area contributed by atoms with Crippen LogP contribution in [0.1, 0.15) is 18.6 Å². The standard InChI is InChI=1S/C9H11Cl2N3O3S/c1-3(15)18-2-4(16)6(17)5-7(10)13-9(12)14-8(5)11/h4,6,16-17H,2H2,1H3,(H2,12,13,14). The predicted molar refractivity (Wildman–Crippen MR) is 70.6 cm³/mol. The minimum absolute atomic E-state index is 0.00747. The monoisotopic (exact) mass is 311 g/mol. The highest BCUT2D eigenvalue weighted by molar-refractivity contribution is 8.13. The number of aromatic nitrogens is 2. The maximum Gasteiger partial charge on any atom is 0.222 e. The minimum Gasteiger partial charge on any atom is -0.389 e. The van der Waals surface area contributed by atoms with Crippen LogP contribution in [0.4, 0.5) is 5.95 Å². The number of halogens is 2. The first-order valence-corrected chi connectivity index (χ1v) is 6.55. The van der Waals surface area contributed by atoms with Crippen LogP contribution in [-0.4, -0.2) is 37.2 Å². The molecule has 0 bridgehead atoms. The predicted octanol–water partition coefficient (Wildman–Crippen LogP) is 1.04. The summed E-state index contributed by atoms with van der Waals surface area (Å²) in [4.78, 5) is 18.0. The van der Waals surface area contributed by atoms with Crippen molar-refractivity contribution in [3.63, 3.8) is 0 Å². The lowest BCUT2D eigenvalue weighted by atomic mass is 10.1. The van der Waals surface area contributed by atoms with Gasteiger partial charge in [-0.25, -0.2) is 9.97 Å². The highest BCUT2D eigenvalue weighted by Gasteiger charge is 2.26. The van der Waals surface area contributed by atoms with Crippen LogP contribution in [0.5, 0.6) is 0 Å². The van der Waals surface area contributed by atoms with Gasteiger partial charge in [-0.05, 0) is 0 Å². The number of hydrogen-bond donors (Lipinski definition) is 3. The second kappa shape index (κ2) is 6.53. The molecule has 0 fully saturated rings.